The molecule has 0 rings (SSSR count). The molecule has 6 heteroatoms. The van der Waals surface area contributed by atoms with Crippen molar-refractivity contribution in [3.8, 4) is 0 Å². The third kappa shape index (κ3) is 63.5. The van der Waals surface area contributed by atoms with Gasteiger partial charge in [-0.3, -0.25) is 9.59 Å². The summed E-state index contributed by atoms with van der Waals surface area (Å²) >= 11 is 0. The van der Waals surface area contributed by atoms with Crippen LogP contribution in [0.1, 0.15) is 399 Å². The van der Waals surface area contributed by atoms with Gasteiger partial charge in [0.05, 0.1) is 25.4 Å². The standard InChI is InChI=1S/C72H139NO5/c1-3-5-7-9-11-13-15-17-19-33-38-42-46-50-54-58-62-66-72(77)78-67-63-59-55-51-47-43-39-35-32-30-28-26-24-22-21-23-25-27-29-31-34-37-41-45-49-53-57-61-65-71(76)73-69(68-74)70(75)64-60-56-52-48-44-40-36-20-18-16-14-12-10-8-6-4-2/h17,19,60,64,69-70,74-75H,3-16,18,20-59,61-63,65-68H2,1-2H3,(H,73,76)/b19-17-,64-60+. The van der Waals surface area contributed by atoms with Crippen LogP contribution in [0.15, 0.2) is 24.3 Å². The molecule has 0 radical (unpaired) electrons. The number of carbonyl (C=O) groups is 2. The number of aliphatic hydroxyl groups excluding tert-OH is 2. The molecule has 0 saturated carbocycles. The fourth-order valence-corrected chi connectivity index (χ4v) is 11.3. The molecule has 2 unspecified atom stereocenters. The van der Waals surface area contributed by atoms with E-state index in [1.165, 1.54) is 327 Å². The Labute approximate surface area is 488 Å². The van der Waals surface area contributed by atoms with E-state index in [0.29, 0.717) is 19.4 Å². The molecule has 0 heterocycles. The van der Waals surface area contributed by atoms with Gasteiger partial charge in [0.2, 0.25) is 5.91 Å². The summed E-state index contributed by atoms with van der Waals surface area (Å²) in [6, 6.07) is -0.625. The highest BCUT2D eigenvalue weighted by atomic mass is 16.5. The molecule has 0 aliphatic rings. The lowest BCUT2D eigenvalue weighted by Crippen LogP contribution is -2.45. The van der Waals surface area contributed by atoms with Gasteiger partial charge in [0.25, 0.3) is 0 Å². The molecule has 0 bridgehead atoms. The Morgan fingerprint density at radius 1 is 0.346 bits per heavy atom. The van der Waals surface area contributed by atoms with Gasteiger partial charge in [0.1, 0.15) is 0 Å². The summed E-state index contributed by atoms with van der Waals surface area (Å²) in [6.07, 6.45) is 85.5. The summed E-state index contributed by atoms with van der Waals surface area (Å²) in [7, 11) is 0. The summed E-state index contributed by atoms with van der Waals surface area (Å²) in [5.74, 6) is -0.0461. The minimum atomic E-state index is -0.842. The number of nitrogens with one attached hydrogen (secondary N) is 1. The topological polar surface area (TPSA) is 95.9 Å². The average Bonchev–Trinajstić information content (AvgIpc) is 3.44. The van der Waals surface area contributed by atoms with E-state index in [9.17, 15) is 19.8 Å². The zero-order valence-electron chi connectivity index (χ0n) is 52.9. The van der Waals surface area contributed by atoms with Gasteiger partial charge in [-0.15, -0.1) is 0 Å². The Morgan fingerprint density at radius 2 is 0.603 bits per heavy atom. The Balaban J connectivity index is 3.35. The van der Waals surface area contributed by atoms with E-state index < -0.39 is 12.1 Å². The van der Waals surface area contributed by atoms with Gasteiger partial charge in [-0.1, -0.05) is 353 Å². The second-order valence-electron chi connectivity index (χ2n) is 24.6. The van der Waals surface area contributed by atoms with Gasteiger partial charge in [-0.25, -0.2) is 0 Å². The molecule has 0 saturated heterocycles. The van der Waals surface area contributed by atoms with E-state index in [2.05, 4.69) is 31.3 Å². The van der Waals surface area contributed by atoms with Crippen LogP contribution in [0.5, 0.6) is 0 Å². The van der Waals surface area contributed by atoms with Crippen LogP contribution in [0.2, 0.25) is 0 Å². The van der Waals surface area contributed by atoms with Crippen molar-refractivity contribution in [2.45, 2.75) is 411 Å². The minimum Gasteiger partial charge on any atom is -0.466 e. The van der Waals surface area contributed by atoms with Crippen LogP contribution in [0.25, 0.3) is 0 Å². The SMILES string of the molecule is CCCCCCCC/C=C\CCCCCCCCCC(=O)OCCCCCCCCCCCCCCCCCCCCCCCCCCCCCCC(=O)NC(CO)C(O)/C=C/CCCCCCCCCCCCCCCC. The third-order valence-electron chi connectivity index (χ3n) is 16.7. The molecular formula is C72H139NO5. The minimum absolute atomic E-state index is 0.0158. The summed E-state index contributed by atoms with van der Waals surface area (Å²) in [4.78, 5) is 24.6. The maximum Gasteiger partial charge on any atom is 0.305 e. The lowest BCUT2D eigenvalue weighted by molar-refractivity contribution is -0.143. The number of esters is 1. The van der Waals surface area contributed by atoms with E-state index >= 15 is 0 Å². The number of rotatable bonds is 67. The first kappa shape index (κ1) is 76.3. The predicted molar refractivity (Wildman–Crippen MR) is 343 cm³/mol. The van der Waals surface area contributed by atoms with E-state index in [4.69, 9.17) is 4.74 Å². The van der Waals surface area contributed by atoms with Crippen molar-refractivity contribution in [1.29, 1.82) is 0 Å². The van der Waals surface area contributed by atoms with Crippen LogP contribution < -0.4 is 5.32 Å². The van der Waals surface area contributed by atoms with Crippen molar-refractivity contribution in [2.24, 2.45) is 0 Å². The number of unbranched alkanes of at least 4 members (excludes halogenated alkanes) is 54. The molecular weight excluding hydrogens is 959 g/mol. The first-order valence-corrected chi connectivity index (χ1v) is 35.6. The van der Waals surface area contributed by atoms with Gasteiger partial charge in [0, 0.05) is 12.8 Å². The highest BCUT2D eigenvalue weighted by molar-refractivity contribution is 5.76. The Morgan fingerprint density at radius 3 is 0.910 bits per heavy atom. The molecule has 0 fully saturated rings. The molecule has 78 heavy (non-hydrogen) atoms. The lowest BCUT2D eigenvalue weighted by Gasteiger charge is -2.20. The quantitative estimate of drug-likeness (QED) is 0.0320. The molecule has 0 aliphatic carbocycles. The third-order valence-corrected chi connectivity index (χ3v) is 16.7. The van der Waals surface area contributed by atoms with Crippen molar-refractivity contribution in [2.75, 3.05) is 13.2 Å². The number of ether oxygens (including phenoxy) is 1. The normalized spacial score (nSPS) is 12.6. The zero-order valence-corrected chi connectivity index (χ0v) is 52.9. The number of amides is 1. The van der Waals surface area contributed by atoms with Gasteiger partial charge >= 0.3 is 5.97 Å². The predicted octanol–water partition coefficient (Wildman–Crippen LogP) is 22.9. The second kappa shape index (κ2) is 67.8. The molecule has 2 atom stereocenters. The van der Waals surface area contributed by atoms with Crippen molar-refractivity contribution < 1.29 is 24.5 Å². The number of aliphatic hydroxyl groups is 2. The van der Waals surface area contributed by atoms with E-state index in [0.717, 1.165) is 44.9 Å². The summed E-state index contributed by atoms with van der Waals surface area (Å²) in [5, 5.41) is 23.2. The first-order chi connectivity index (χ1) is 38.5. The molecule has 0 aromatic rings. The maximum absolute atomic E-state index is 12.5. The van der Waals surface area contributed by atoms with Gasteiger partial charge in [-0.2, -0.15) is 0 Å². The van der Waals surface area contributed by atoms with Crippen molar-refractivity contribution in [3.05, 3.63) is 24.3 Å². The fourth-order valence-electron chi connectivity index (χ4n) is 11.3. The Bertz CT molecular complexity index is 1220. The molecule has 0 spiro atoms. The fraction of sp³-hybridized carbons (Fsp3) is 0.917. The van der Waals surface area contributed by atoms with Crippen molar-refractivity contribution in [3.63, 3.8) is 0 Å². The molecule has 1 amide bonds. The second-order valence-corrected chi connectivity index (χ2v) is 24.6. The highest BCUT2D eigenvalue weighted by Gasteiger charge is 2.18. The van der Waals surface area contributed by atoms with Crippen LogP contribution in [0.4, 0.5) is 0 Å². The van der Waals surface area contributed by atoms with Crippen molar-refractivity contribution in [1.82, 2.24) is 5.32 Å². The molecule has 462 valence electrons. The van der Waals surface area contributed by atoms with Crippen LogP contribution in [-0.4, -0.2) is 47.4 Å². The van der Waals surface area contributed by atoms with Crippen LogP contribution in [-0.2, 0) is 14.3 Å². The highest BCUT2D eigenvalue weighted by Crippen LogP contribution is 2.19. The molecule has 3 N–H and O–H groups in total. The van der Waals surface area contributed by atoms with Crippen LogP contribution >= 0.6 is 0 Å². The average molecular weight is 1100 g/mol. The Kier molecular flexibility index (Phi) is 66.4. The summed E-state index contributed by atoms with van der Waals surface area (Å²) in [5.41, 5.74) is 0. The van der Waals surface area contributed by atoms with E-state index in [1.54, 1.807) is 6.08 Å². The van der Waals surface area contributed by atoms with Crippen LogP contribution in [0.3, 0.4) is 0 Å². The monoisotopic (exact) mass is 1100 g/mol. The number of hydrogen-bond donors (Lipinski definition) is 3. The Hall–Kier alpha value is -1.66. The van der Waals surface area contributed by atoms with Gasteiger partial charge in [0.15, 0.2) is 0 Å². The molecule has 6 nitrogen and oxygen atoms in total. The molecule has 0 aromatic carbocycles. The van der Waals surface area contributed by atoms with E-state index in [1.807, 2.05) is 6.08 Å². The largest absolute Gasteiger partial charge is 0.466 e. The smallest absolute Gasteiger partial charge is 0.305 e. The number of allylic oxidation sites excluding steroid dienone is 3. The number of hydrogen-bond acceptors (Lipinski definition) is 5. The number of carbonyl (C=O) groups excluding carboxylic acids is 2. The van der Waals surface area contributed by atoms with Gasteiger partial charge in [-0.05, 0) is 57.8 Å². The van der Waals surface area contributed by atoms with Crippen LogP contribution in [0, 0.1) is 0 Å². The lowest BCUT2D eigenvalue weighted by atomic mass is 10.0. The summed E-state index contributed by atoms with van der Waals surface area (Å²) < 4.78 is 5.50. The molecule has 0 aromatic heterocycles. The van der Waals surface area contributed by atoms with Crippen molar-refractivity contribution >= 4 is 11.9 Å². The zero-order chi connectivity index (χ0) is 56.4. The molecule has 0 aliphatic heterocycles. The first-order valence-electron chi connectivity index (χ1n) is 35.6. The maximum atomic E-state index is 12.5. The van der Waals surface area contributed by atoms with Gasteiger partial charge < -0.3 is 20.3 Å². The summed E-state index contributed by atoms with van der Waals surface area (Å²) in [6.45, 7) is 4.93. The van der Waals surface area contributed by atoms with E-state index in [-0.39, 0.29) is 18.5 Å².